The molecule has 0 aliphatic carbocycles. The van der Waals surface area contributed by atoms with Crippen molar-refractivity contribution in [2.75, 3.05) is 0 Å². The number of hydrogen-bond acceptors (Lipinski definition) is 0. The lowest BCUT2D eigenvalue weighted by molar-refractivity contribution is 0.391. The molecule has 2 saturated heterocycles. The zero-order chi connectivity index (χ0) is 13.1. The van der Waals surface area contributed by atoms with Crippen molar-refractivity contribution in [1.82, 2.24) is 0 Å². The highest BCUT2D eigenvalue weighted by Crippen LogP contribution is 2.48. The number of fused-ring (bicyclic) bond motifs is 3. The second-order valence-electron chi connectivity index (χ2n) is 6.51. The molecule has 2 heterocycles. The zero-order valence-electron chi connectivity index (χ0n) is 11.9. The summed E-state index contributed by atoms with van der Waals surface area (Å²) in [4.78, 5) is 0. The van der Waals surface area contributed by atoms with E-state index in [2.05, 4.69) is 43.0 Å². The van der Waals surface area contributed by atoms with Crippen LogP contribution in [0.25, 0.3) is 0 Å². The van der Waals surface area contributed by atoms with Gasteiger partial charge in [0.1, 0.15) is 0 Å². The molecule has 0 radical (unpaired) electrons. The van der Waals surface area contributed by atoms with E-state index in [1.165, 1.54) is 44.8 Å². The van der Waals surface area contributed by atoms with Gasteiger partial charge in [0.2, 0.25) is 0 Å². The third kappa shape index (κ3) is 2.66. The minimum atomic E-state index is 0.786. The van der Waals surface area contributed by atoms with Gasteiger partial charge in [-0.2, -0.15) is 0 Å². The average molecular weight is 252 g/mol. The van der Waals surface area contributed by atoms with Crippen LogP contribution in [0, 0.1) is 5.92 Å². The molecule has 2 fully saturated rings. The summed E-state index contributed by atoms with van der Waals surface area (Å²) in [6.45, 7) is 4.87. The van der Waals surface area contributed by atoms with Gasteiger partial charge in [-0.1, -0.05) is 92.6 Å². The molecule has 19 heavy (non-hydrogen) atoms. The van der Waals surface area contributed by atoms with E-state index in [0.717, 1.165) is 24.3 Å². The monoisotopic (exact) mass is 252 g/mol. The summed E-state index contributed by atoms with van der Waals surface area (Å²) < 4.78 is 0. The lowest BCUT2D eigenvalue weighted by atomic mass is 9.30. The molecule has 1 aromatic rings. The van der Waals surface area contributed by atoms with Crippen LogP contribution in [-0.2, 0) is 0 Å². The minimum absolute atomic E-state index is 0.786. The van der Waals surface area contributed by atoms with Gasteiger partial charge >= 0.3 is 0 Å². The van der Waals surface area contributed by atoms with Crippen LogP contribution in [-0.4, -0.2) is 6.71 Å². The predicted molar refractivity (Wildman–Crippen MR) is 84.9 cm³/mol. The molecule has 100 valence electrons. The fourth-order valence-corrected chi connectivity index (χ4v) is 4.73. The summed E-state index contributed by atoms with van der Waals surface area (Å²) >= 11 is 0. The average Bonchev–Trinajstić information content (AvgIpc) is 2.68. The number of allylic oxidation sites excluding steroid dienone is 1. The van der Waals surface area contributed by atoms with E-state index in [-0.39, 0.29) is 0 Å². The summed E-state index contributed by atoms with van der Waals surface area (Å²) in [5.41, 5.74) is 1.59. The minimum Gasteiger partial charge on any atom is -0.104 e. The molecule has 2 bridgehead atoms. The summed E-state index contributed by atoms with van der Waals surface area (Å²) in [7, 11) is 0. The van der Waals surface area contributed by atoms with Crippen LogP contribution in [0.15, 0.2) is 43.0 Å². The summed E-state index contributed by atoms with van der Waals surface area (Å²) in [5.74, 6) is 2.64. The highest BCUT2D eigenvalue weighted by molar-refractivity contribution is 6.62. The molecule has 0 saturated carbocycles. The molecule has 2 aliphatic heterocycles. The molecule has 0 aromatic heterocycles. The molecular formula is C18H25B. The molecule has 1 atom stereocenters. The molecule has 3 rings (SSSR count). The maximum Gasteiger partial charge on any atom is 0.155 e. The normalized spacial score (nSPS) is 30.7. The van der Waals surface area contributed by atoms with Gasteiger partial charge in [0.15, 0.2) is 6.71 Å². The highest BCUT2D eigenvalue weighted by Gasteiger charge is 2.41. The largest absolute Gasteiger partial charge is 0.155 e. The first kappa shape index (κ1) is 13.0. The van der Waals surface area contributed by atoms with Crippen LogP contribution in [0.4, 0.5) is 0 Å². The van der Waals surface area contributed by atoms with E-state index in [1.807, 2.05) is 0 Å². The quantitative estimate of drug-likeness (QED) is 0.502. The van der Waals surface area contributed by atoms with Crippen molar-refractivity contribution in [3.63, 3.8) is 0 Å². The van der Waals surface area contributed by atoms with Gasteiger partial charge in [0.25, 0.3) is 0 Å². The third-order valence-electron chi connectivity index (χ3n) is 5.50. The van der Waals surface area contributed by atoms with E-state index in [1.54, 1.807) is 5.56 Å². The third-order valence-corrected chi connectivity index (χ3v) is 5.50. The lowest BCUT2D eigenvalue weighted by Gasteiger charge is -2.30. The van der Waals surface area contributed by atoms with Crippen LogP contribution in [0.2, 0.25) is 12.1 Å². The van der Waals surface area contributed by atoms with Gasteiger partial charge in [0, 0.05) is 0 Å². The van der Waals surface area contributed by atoms with Gasteiger partial charge in [0.05, 0.1) is 0 Å². The molecule has 0 N–H and O–H groups in total. The summed E-state index contributed by atoms with van der Waals surface area (Å²) in [5, 5.41) is 0. The van der Waals surface area contributed by atoms with Crippen molar-refractivity contribution in [2.45, 2.75) is 56.5 Å². The summed E-state index contributed by atoms with van der Waals surface area (Å²) in [6, 6.07) is 11.3. The molecule has 1 unspecified atom stereocenters. The van der Waals surface area contributed by atoms with Crippen molar-refractivity contribution in [3.05, 3.63) is 48.6 Å². The highest BCUT2D eigenvalue weighted by atomic mass is 14.3. The first-order valence-corrected chi connectivity index (χ1v) is 8.06. The van der Waals surface area contributed by atoms with Crippen molar-refractivity contribution >= 4 is 6.71 Å². The fourth-order valence-electron chi connectivity index (χ4n) is 4.73. The topological polar surface area (TPSA) is 0 Å². The molecule has 2 aliphatic rings. The maximum absolute atomic E-state index is 4.03. The van der Waals surface area contributed by atoms with Gasteiger partial charge in [-0.3, -0.25) is 0 Å². The van der Waals surface area contributed by atoms with E-state index in [9.17, 15) is 0 Å². The van der Waals surface area contributed by atoms with Crippen LogP contribution in [0.5, 0.6) is 0 Å². The Hall–Kier alpha value is -0.975. The summed E-state index contributed by atoms with van der Waals surface area (Å²) in [6.07, 6.45) is 12.1. The smallest absolute Gasteiger partial charge is 0.104 e. The number of benzene rings is 1. The first-order chi connectivity index (χ1) is 9.40. The molecule has 0 nitrogen and oxygen atoms in total. The van der Waals surface area contributed by atoms with E-state index < -0.39 is 0 Å². The predicted octanol–water partition coefficient (Wildman–Crippen LogP) is 5.34. The van der Waals surface area contributed by atoms with E-state index >= 15 is 0 Å². The second-order valence-corrected chi connectivity index (χ2v) is 6.51. The Morgan fingerprint density at radius 1 is 1.05 bits per heavy atom. The Morgan fingerprint density at radius 3 is 2.37 bits per heavy atom. The van der Waals surface area contributed by atoms with Gasteiger partial charge in [-0.25, -0.2) is 0 Å². The fraction of sp³-hybridized carbons (Fsp3) is 0.556. The Labute approximate surface area is 118 Å². The van der Waals surface area contributed by atoms with Crippen LogP contribution in [0.3, 0.4) is 0 Å². The number of hydrogen-bond donors (Lipinski definition) is 0. The molecule has 0 amide bonds. The maximum atomic E-state index is 4.03. The standard InChI is InChI=1S/C18H25B/c1-2-14-19-17-12-6-10-16(11-7-13-17)18(19)15-8-4-3-5-9-15/h2-5,8-9,16-18H,1,6-7,10-14H2. The second kappa shape index (κ2) is 5.99. The van der Waals surface area contributed by atoms with Gasteiger partial charge in [-0.15, -0.1) is 6.58 Å². The van der Waals surface area contributed by atoms with Crippen molar-refractivity contribution in [1.29, 1.82) is 0 Å². The van der Waals surface area contributed by atoms with Crippen LogP contribution < -0.4 is 0 Å². The SMILES string of the molecule is C=CCB1C2CCCC(CCC2)C1c1ccccc1. The Balaban J connectivity index is 1.98. The van der Waals surface area contributed by atoms with E-state index in [4.69, 9.17) is 0 Å². The molecular weight excluding hydrogens is 227 g/mol. The molecule has 0 spiro atoms. The Bertz CT molecular complexity index is 401. The Morgan fingerprint density at radius 2 is 1.74 bits per heavy atom. The van der Waals surface area contributed by atoms with E-state index in [0.29, 0.717) is 0 Å². The Kier molecular flexibility index (Phi) is 4.10. The van der Waals surface area contributed by atoms with Gasteiger partial charge < -0.3 is 0 Å². The molecule has 1 heteroatoms. The molecule has 1 aromatic carbocycles. The van der Waals surface area contributed by atoms with Crippen LogP contribution in [0.1, 0.15) is 49.9 Å². The lowest BCUT2D eigenvalue weighted by Crippen LogP contribution is -2.30. The zero-order valence-corrected chi connectivity index (χ0v) is 11.9. The first-order valence-electron chi connectivity index (χ1n) is 8.06. The van der Waals surface area contributed by atoms with Crippen molar-refractivity contribution in [3.8, 4) is 0 Å². The van der Waals surface area contributed by atoms with Crippen molar-refractivity contribution in [2.24, 2.45) is 5.92 Å². The van der Waals surface area contributed by atoms with Crippen LogP contribution >= 0.6 is 0 Å². The van der Waals surface area contributed by atoms with Crippen molar-refractivity contribution < 1.29 is 0 Å². The van der Waals surface area contributed by atoms with Gasteiger partial charge in [-0.05, 0) is 11.7 Å². The number of rotatable bonds is 3.